The Balaban J connectivity index is 1.93. The third kappa shape index (κ3) is 5.45. The van der Waals surface area contributed by atoms with Gasteiger partial charge < -0.3 is 14.5 Å². The Bertz CT molecular complexity index is 514. The van der Waals surface area contributed by atoms with E-state index in [9.17, 15) is 14.4 Å². The minimum absolute atomic E-state index is 0.0351. The Morgan fingerprint density at radius 1 is 1.04 bits per heavy atom. The van der Waals surface area contributed by atoms with Crippen LogP contribution in [0.25, 0.3) is 0 Å². The molecule has 0 aromatic heterocycles. The molecule has 0 aromatic carbocycles. The van der Waals surface area contributed by atoms with Crippen molar-refractivity contribution in [2.75, 3.05) is 26.2 Å². The van der Waals surface area contributed by atoms with Crippen LogP contribution in [0.3, 0.4) is 0 Å². The molecule has 0 radical (unpaired) electrons. The molecule has 154 valence electrons. The van der Waals surface area contributed by atoms with E-state index in [0.717, 1.165) is 38.5 Å². The van der Waals surface area contributed by atoms with E-state index in [1.807, 2.05) is 16.7 Å². The first kappa shape index (κ1) is 21.7. The number of carbonyl (C=O) groups is 3. The highest BCUT2D eigenvalue weighted by Gasteiger charge is 2.39. The summed E-state index contributed by atoms with van der Waals surface area (Å²) in [6.07, 6.45) is 6.84. The van der Waals surface area contributed by atoms with E-state index in [4.69, 9.17) is 4.74 Å². The monoisotopic (exact) mass is 380 g/mol. The molecule has 2 amide bonds. The molecule has 0 bridgehead atoms. The van der Waals surface area contributed by atoms with Crippen molar-refractivity contribution < 1.29 is 19.1 Å². The Hall–Kier alpha value is -1.59. The van der Waals surface area contributed by atoms with Gasteiger partial charge in [-0.3, -0.25) is 14.4 Å². The number of nitrogens with zero attached hydrogens (tertiary/aromatic N) is 2. The Morgan fingerprint density at radius 3 is 2.33 bits per heavy atom. The molecule has 6 nitrogen and oxygen atoms in total. The Labute approximate surface area is 163 Å². The minimum Gasteiger partial charge on any atom is -0.466 e. The number of amides is 2. The van der Waals surface area contributed by atoms with Crippen LogP contribution in [0, 0.1) is 11.8 Å². The van der Waals surface area contributed by atoms with E-state index in [2.05, 4.69) is 13.8 Å². The Morgan fingerprint density at radius 2 is 1.74 bits per heavy atom. The fraction of sp³-hybridized carbons (Fsp3) is 0.857. The predicted octanol–water partition coefficient (Wildman–Crippen LogP) is 3.00. The van der Waals surface area contributed by atoms with Crippen LogP contribution < -0.4 is 0 Å². The van der Waals surface area contributed by atoms with Crippen molar-refractivity contribution in [2.45, 2.75) is 78.2 Å². The van der Waals surface area contributed by atoms with Gasteiger partial charge in [-0.05, 0) is 45.4 Å². The van der Waals surface area contributed by atoms with E-state index in [1.54, 1.807) is 0 Å². The maximum atomic E-state index is 13.1. The maximum Gasteiger partial charge on any atom is 0.309 e. The Kier molecular flexibility index (Phi) is 8.58. The summed E-state index contributed by atoms with van der Waals surface area (Å²) in [6, 6.07) is -0.313. The van der Waals surface area contributed by atoms with Crippen LogP contribution in [-0.4, -0.2) is 59.9 Å². The first-order valence-corrected chi connectivity index (χ1v) is 10.8. The van der Waals surface area contributed by atoms with Crippen LogP contribution in [-0.2, 0) is 19.1 Å². The predicted molar refractivity (Wildman–Crippen MR) is 104 cm³/mol. The first-order chi connectivity index (χ1) is 13.0. The average Bonchev–Trinajstić information content (AvgIpc) is 3.18. The van der Waals surface area contributed by atoms with E-state index in [1.165, 1.54) is 0 Å². The molecule has 2 saturated heterocycles. The normalized spacial score (nSPS) is 22.0. The van der Waals surface area contributed by atoms with Gasteiger partial charge in [-0.25, -0.2) is 0 Å². The maximum absolute atomic E-state index is 13.1. The fourth-order valence-electron chi connectivity index (χ4n) is 4.28. The summed E-state index contributed by atoms with van der Waals surface area (Å²) in [4.78, 5) is 41.6. The van der Waals surface area contributed by atoms with Crippen molar-refractivity contribution in [1.29, 1.82) is 0 Å². The first-order valence-electron chi connectivity index (χ1n) is 10.8. The molecule has 2 unspecified atom stereocenters. The van der Waals surface area contributed by atoms with Crippen molar-refractivity contribution in [3.8, 4) is 0 Å². The lowest BCUT2D eigenvalue weighted by Crippen LogP contribution is -2.51. The molecule has 0 aromatic rings. The standard InChI is InChI=1S/C21H36N2O4/c1-4-7-9-16(5-2)19(24)23-13-8-10-18(23)20(25)22-14-11-17(12-15-22)21(26)27-6-3/h16-18H,4-15H2,1-3H3. The number of ether oxygens (including phenoxy) is 1. The molecule has 2 aliphatic rings. The zero-order valence-corrected chi connectivity index (χ0v) is 17.2. The second kappa shape index (κ2) is 10.7. The van der Waals surface area contributed by atoms with Crippen molar-refractivity contribution in [3.63, 3.8) is 0 Å². The van der Waals surface area contributed by atoms with Crippen molar-refractivity contribution in [3.05, 3.63) is 0 Å². The molecule has 27 heavy (non-hydrogen) atoms. The number of rotatable bonds is 8. The van der Waals surface area contributed by atoms with Gasteiger partial charge in [0, 0.05) is 25.6 Å². The number of carbonyl (C=O) groups excluding carboxylic acids is 3. The third-order valence-corrected chi connectivity index (χ3v) is 6.00. The highest BCUT2D eigenvalue weighted by atomic mass is 16.5. The second-order valence-electron chi connectivity index (χ2n) is 7.79. The van der Waals surface area contributed by atoms with Gasteiger partial charge in [-0.2, -0.15) is 0 Å². The summed E-state index contributed by atoms with van der Waals surface area (Å²) in [5.74, 6) is 0.00224. The highest BCUT2D eigenvalue weighted by Crippen LogP contribution is 2.27. The number of hydrogen-bond donors (Lipinski definition) is 0. The number of likely N-dealkylation sites (tertiary alicyclic amines) is 2. The molecule has 2 atom stereocenters. The highest BCUT2D eigenvalue weighted by molar-refractivity contribution is 5.89. The van der Waals surface area contributed by atoms with Gasteiger partial charge in [0.2, 0.25) is 11.8 Å². The quantitative estimate of drug-likeness (QED) is 0.607. The SMILES string of the molecule is CCCCC(CC)C(=O)N1CCCC1C(=O)N1CCC(C(=O)OCC)CC1. The molecular formula is C21H36N2O4. The van der Waals surface area contributed by atoms with E-state index >= 15 is 0 Å². The lowest BCUT2D eigenvalue weighted by molar-refractivity contribution is -0.152. The lowest BCUT2D eigenvalue weighted by atomic mass is 9.95. The molecule has 0 spiro atoms. The number of unbranched alkanes of at least 4 members (excludes halogenated alkanes) is 1. The molecule has 0 aliphatic carbocycles. The van der Waals surface area contributed by atoms with Gasteiger partial charge in [-0.15, -0.1) is 0 Å². The molecule has 2 fully saturated rings. The van der Waals surface area contributed by atoms with Crippen LogP contribution in [0.15, 0.2) is 0 Å². The summed E-state index contributed by atoms with van der Waals surface area (Å²) < 4.78 is 5.10. The van der Waals surface area contributed by atoms with Crippen LogP contribution in [0.2, 0.25) is 0 Å². The summed E-state index contributed by atoms with van der Waals surface area (Å²) >= 11 is 0. The van der Waals surface area contributed by atoms with E-state index in [-0.39, 0.29) is 35.7 Å². The summed E-state index contributed by atoms with van der Waals surface area (Å²) in [5.41, 5.74) is 0. The summed E-state index contributed by atoms with van der Waals surface area (Å²) in [6.45, 7) is 8.25. The molecule has 0 saturated carbocycles. The van der Waals surface area contributed by atoms with Crippen LogP contribution in [0.4, 0.5) is 0 Å². The van der Waals surface area contributed by atoms with Gasteiger partial charge in [0.05, 0.1) is 12.5 Å². The molecular weight excluding hydrogens is 344 g/mol. The topological polar surface area (TPSA) is 66.9 Å². The average molecular weight is 381 g/mol. The lowest BCUT2D eigenvalue weighted by Gasteiger charge is -2.35. The van der Waals surface area contributed by atoms with Crippen molar-refractivity contribution >= 4 is 17.8 Å². The van der Waals surface area contributed by atoms with Gasteiger partial charge in [0.25, 0.3) is 0 Å². The van der Waals surface area contributed by atoms with E-state index in [0.29, 0.717) is 39.1 Å². The van der Waals surface area contributed by atoms with Gasteiger partial charge in [-0.1, -0.05) is 26.7 Å². The molecule has 2 aliphatic heterocycles. The van der Waals surface area contributed by atoms with Crippen LogP contribution in [0.1, 0.15) is 72.1 Å². The third-order valence-electron chi connectivity index (χ3n) is 6.00. The minimum atomic E-state index is -0.313. The van der Waals surface area contributed by atoms with Gasteiger partial charge >= 0.3 is 5.97 Å². The summed E-state index contributed by atoms with van der Waals surface area (Å²) in [7, 11) is 0. The molecule has 2 rings (SSSR count). The zero-order chi connectivity index (χ0) is 19.8. The summed E-state index contributed by atoms with van der Waals surface area (Å²) in [5, 5.41) is 0. The van der Waals surface area contributed by atoms with Crippen molar-refractivity contribution in [2.24, 2.45) is 11.8 Å². The second-order valence-corrected chi connectivity index (χ2v) is 7.79. The number of esters is 1. The zero-order valence-electron chi connectivity index (χ0n) is 17.2. The number of piperidine rings is 1. The number of hydrogen-bond acceptors (Lipinski definition) is 4. The largest absolute Gasteiger partial charge is 0.466 e. The smallest absolute Gasteiger partial charge is 0.309 e. The fourth-order valence-corrected chi connectivity index (χ4v) is 4.28. The molecule has 2 heterocycles. The molecule has 6 heteroatoms. The molecule has 0 N–H and O–H groups in total. The van der Waals surface area contributed by atoms with Crippen LogP contribution in [0.5, 0.6) is 0 Å². The van der Waals surface area contributed by atoms with E-state index < -0.39 is 0 Å². The van der Waals surface area contributed by atoms with Gasteiger partial charge in [0.15, 0.2) is 0 Å². The van der Waals surface area contributed by atoms with Crippen LogP contribution >= 0.6 is 0 Å². The van der Waals surface area contributed by atoms with Crippen molar-refractivity contribution in [1.82, 2.24) is 9.80 Å². The van der Waals surface area contributed by atoms with Gasteiger partial charge in [0.1, 0.15) is 6.04 Å².